The second kappa shape index (κ2) is 8.27. The summed E-state index contributed by atoms with van der Waals surface area (Å²) in [6.07, 6.45) is -4.17. The number of anilines is 1. The van der Waals surface area contributed by atoms with Crippen LogP contribution < -0.4 is 10.1 Å². The smallest absolute Gasteiger partial charge is 0.422 e. The first kappa shape index (κ1) is 18.6. The number of alkyl halides is 3. The molecule has 5 nitrogen and oxygen atoms in total. The lowest BCUT2D eigenvalue weighted by Crippen LogP contribution is -2.39. The highest BCUT2D eigenvalue weighted by Crippen LogP contribution is 2.21. The van der Waals surface area contributed by atoms with Crippen molar-refractivity contribution < 1.29 is 22.7 Å². The average Bonchev–Trinajstić information content (AvgIpc) is 2.49. The predicted molar refractivity (Wildman–Crippen MR) is 78.9 cm³/mol. The first-order valence-electron chi connectivity index (χ1n) is 6.91. The highest BCUT2D eigenvalue weighted by atomic mass is 19.4. The standard InChI is InChI=1S/C15H18F3N3O2/c1-11(14(22)21(2)8-4-7-19)20-12-5-3-6-13(9-12)23-10-15(16,17)18/h3,5-6,9,11,20H,4,8,10H2,1-2H3/t11-/m1/s1. The van der Waals surface area contributed by atoms with Crippen molar-refractivity contribution in [2.45, 2.75) is 25.6 Å². The molecule has 1 rings (SSSR count). The summed E-state index contributed by atoms with van der Waals surface area (Å²) >= 11 is 0. The van der Waals surface area contributed by atoms with Gasteiger partial charge in [-0.1, -0.05) is 6.07 Å². The molecule has 8 heteroatoms. The molecule has 0 heterocycles. The van der Waals surface area contributed by atoms with Crippen LogP contribution in [0, 0.1) is 11.3 Å². The summed E-state index contributed by atoms with van der Waals surface area (Å²) in [4.78, 5) is 13.5. The molecule has 1 atom stereocenters. The third kappa shape index (κ3) is 6.91. The van der Waals surface area contributed by atoms with Crippen molar-refractivity contribution in [2.75, 3.05) is 25.5 Å². The lowest BCUT2D eigenvalue weighted by molar-refractivity contribution is -0.153. The second-order valence-electron chi connectivity index (χ2n) is 4.97. The molecular weight excluding hydrogens is 311 g/mol. The number of ether oxygens (including phenoxy) is 1. The molecule has 0 saturated heterocycles. The van der Waals surface area contributed by atoms with Gasteiger partial charge in [0.2, 0.25) is 5.91 Å². The van der Waals surface area contributed by atoms with Crippen LogP contribution in [0.25, 0.3) is 0 Å². The predicted octanol–water partition coefficient (Wildman–Crippen LogP) is 2.80. The zero-order valence-corrected chi connectivity index (χ0v) is 12.9. The number of nitrogens with zero attached hydrogens (tertiary/aromatic N) is 2. The van der Waals surface area contributed by atoms with E-state index in [-0.39, 0.29) is 18.1 Å². The fourth-order valence-electron chi connectivity index (χ4n) is 1.81. The van der Waals surface area contributed by atoms with Crippen molar-refractivity contribution in [3.8, 4) is 11.8 Å². The van der Waals surface area contributed by atoms with Crippen LogP contribution in [0.4, 0.5) is 18.9 Å². The molecule has 1 aromatic rings. The monoisotopic (exact) mass is 329 g/mol. The molecular formula is C15H18F3N3O2. The van der Waals surface area contributed by atoms with Gasteiger partial charge in [-0.2, -0.15) is 18.4 Å². The highest BCUT2D eigenvalue weighted by Gasteiger charge is 2.28. The van der Waals surface area contributed by atoms with Gasteiger partial charge >= 0.3 is 6.18 Å². The summed E-state index contributed by atoms with van der Waals surface area (Å²) in [5, 5.41) is 11.4. The van der Waals surface area contributed by atoms with Gasteiger partial charge in [-0.25, -0.2) is 0 Å². The number of likely N-dealkylation sites (N-methyl/N-ethyl adjacent to an activating group) is 1. The number of amides is 1. The minimum atomic E-state index is -4.41. The van der Waals surface area contributed by atoms with Gasteiger partial charge in [0.1, 0.15) is 11.8 Å². The van der Waals surface area contributed by atoms with E-state index in [1.807, 2.05) is 6.07 Å². The van der Waals surface area contributed by atoms with Gasteiger partial charge in [0.15, 0.2) is 6.61 Å². The highest BCUT2D eigenvalue weighted by molar-refractivity contribution is 5.84. The van der Waals surface area contributed by atoms with E-state index in [1.54, 1.807) is 20.0 Å². The van der Waals surface area contributed by atoms with E-state index < -0.39 is 18.8 Å². The van der Waals surface area contributed by atoms with E-state index in [0.29, 0.717) is 12.2 Å². The number of halogens is 3. The van der Waals surface area contributed by atoms with Crippen LogP contribution in [0.5, 0.6) is 5.75 Å². The molecule has 23 heavy (non-hydrogen) atoms. The number of benzene rings is 1. The Morgan fingerprint density at radius 2 is 2.17 bits per heavy atom. The lowest BCUT2D eigenvalue weighted by Gasteiger charge is -2.22. The molecule has 1 amide bonds. The first-order valence-corrected chi connectivity index (χ1v) is 6.91. The van der Waals surface area contributed by atoms with Gasteiger partial charge in [0.25, 0.3) is 0 Å². The first-order chi connectivity index (χ1) is 10.7. The fraction of sp³-hybridized carbons (Fsp3) is 0.467. The Balaban J connectivity index is 2.63. The van der Waals surface area contributed by atoms with Crippen LogP contribution in [0.3, 0.4) is 0 Å². The molecule has 0 saturated carbocycles. The number of carbonyl (C=O) groups is 1. The van der Waals surface area contributed by atoms with Crippen LogP contribution in [0.15, 0.2) is 24.3 Å². The van der Waals surface area contributed by atoms with Crippen molar-refractivity contribution in [1.29, 1.82) is 5.26 Å². The molecule has 0 aromatic heterocycles. The molecule has 1 N–H and O–H groups in total. The van der Waals surface area contributed by atoms with Gasteiger partial charge in [-0.05, 0) is 19.1 Å². The molecule has 126 valence electrons. The second-order valence-corrected chi connectivity index (χ2v) is 4.97. The van der Waals surface area contributed by atoms with Crippen molar-refractivity contribution in [3.63, 3.8) is 0 Å². The number of rotatable bonds is 7. The van der Waals surface area contributed by atoms with Crippen LogP contribution in [-0.2, 0) is 4.79 Å². The molecule has 1 aromatic carbocycles. The van der Waals surface area contributed by atoms with Gasteiger partial charge in [0, 0.05) is 25.3 Å². The maximum atomic E-state index is 12.1. The lowest BCUT2D eigenvalue weighted by atomic mass is 10.2. The molecule has 0 bridgehead atoms. The van der Waals surface area contributed by atoms with Gasteiger partial charge in [-0.3, -0.25) is 4.79 Å². The van der Waals surface area contributed by atoms with Crippen LogP contribution >= 0.6 is 0 Å². The van der Waals surface area contributed by atoms with E-state index in [1.165, 1.54) is 23.1 Å². The zero-order valence-electron chi connectivity index (χ0n) is 12.9. The van der Waals surface area contributed by atoms with Crippen molar-refractivity contribution in [3.05, 3.63) is 24.3 Å². The fourth-order valence-corrected chi connectivity index (χ4v) is 1.81. The minimum absolute atomic E-state index is 0.0600. The summed E-state index contributed by atoms with van der Waals surface area (Å²) in [6, 6.07) is 7.32. The Labute approximate surface area is 132 Å². The summed E-state index contributed by atoms with van der Waals surface area (Å²) in [5.41, 5.74) is 0.471. The average molecular weight is 329 g/mol. The molecule has 0 aliphatic carbocycles. The van der Waals surface area contributed by atoms with E-state index in [9.17, 15) is 18.0 Å². The van der Waals surface area contributed by atoms with E-state index >= 15 is 0 Å². The third-order valence-corrected chi connectivity index (χ3v) is 2.93. The maximum absolute atomic E-state index is 12.1. The molecule has 0 spiro atoms. The molecule has 0 unspecified atom stereocenters. The summed E-state index contributed by atoms with van der Waals surface area (Å²) < 4.78 is 41.1. The van der Waals surface area contributed by atoms with Crippen LogP contribution in [0.2, 0.25) is 0 Å². The minimum Gasteiger partial charge on any atom is -0.484 e. The van der Waals surface area contributed by atoms with Crippen LogP contribution in [-0.4, -0.2) is 43.2 Å². The summed E-state index contributed by atoms with van der Waals surface area (Å²) in [5.74, 6) is -0.160. The summed E-state index contributed by atoms with van der Waals surface area (Å²) in [7, 11) is 1.58. The molecule has 0 aliphatic rings. The zero-order chi connectivity index (χ0) is 17.5. The van der Waals surface area contributed by atoms with Gasteiger partial charge < -0.3 is 15.0 Å². The van der Waals surface area contributed by atoms with Crippen molar-refractivity contribution in [2.24, 2.45) is 0 Å². The Morgan fingerprint density at radius 1 is 1.48 bits per heavy atom. The third-order valence-electron chi connectivity index (χ3n) is 2.93. The number of hydrogen-bond donors (Lipinski definition) is 1. The quantitative estimate of drug-likeness (QED) is 0.835. The number of carbonyl (C=O) groups excluding carboxylic acids is 1. The largest absolute Gasteiger partial charge is 0.484 e. The van der Waals surface area contributed by atoms with Gasteiger partial charge in [-0.15, -0.1) is 0 Å². The van der Waals surface area contributed by atoms with Gasteiger partial charge in [0.05, 0.1) is 12.5 Å². The van der Waals surface area contributed by atoms with E-state index in [4.69, 9.17) is 5.26 Å². The number of nitriles is 1. The Bertz CT molecular complexity index is 570. The van der Waals surface area contributed by atoms with Crippen molar-refractivity contribution in [1.82, 2.24) is 4.90 Å². The Morgan fingerprint density at radius 3 is 2.78 bits per heavy atom. The van der Waals surface area contributed by atoms with E-state index in [0.717, 1.165) is 0 Å². The Hall–Kier alpha value is -2.43. The Kier molecular flexibility index (Phi) is 6.69. The van der Waals surface area contributed by atoms with Crippen molar-refractivity contribution >= 4 is 11.6 Å². The molecule has 0 aliphatic heterocycles. The number of hydrogen-bond acceptors (Lipinski definition) is 4. The SMILES string of the molecule is C[C@@H](Nc1cccc(OCC(F)(F)F)c1)C(=O)N(C)CCC#N. The molecule has 0 fully saturated rings. The number of nitrogens with one attached hydrogen (secondary N) is 1. The topological polar surface area (TPSA) is 65.4 Å². The van der Waals surface area contributed by atoms with E-state index in [2.05, 4.69) is 10.1 Å². The van der Waals surface area contributed by atoms with Crippen LogP contribution in [0.1, 0.15) is 13.3 Å². The maximum Gasteiger partial charge on any atom is 0.422 e. The normalized spacial score (nSPS) is 12.2. The molecule has 0 radical (unpaired) electrons. The summed E-state index contributed by atoms with van der Waals surface area (Å²) in [6.45, 7) is 0.576.